The van der Waals surface area contributed by atoms with Crippen LogP contribution in [0, 0.1) is 0 Å². The van der Waals surface area contributed by atoms with E-state index in [0.29, 0.717) is 5.56 Å². The van der Waals surface area contributed by atoms with Gasteiger partial charge in [0.1, 0.15) is 6.56 Å². The lowest BCUT2D eigenvalue weighted by Gasteiger charge is -2.09. The third-order valence-electron chi connectivity index (χ3n) is 2.01. The van der Waals surface area contributed by atoms with Crippen LogP contribution in [0.5, 0.6) is 0 Å². The van der Waals surface area contributed by atoms with Gasteiger partial charge in [0.15, 0.2) is 6.02 Å². The largest absolute Gasteiger partial charge is 0.475 e. The minimum absolute atomic E-state index is 0.0775. The molecule has 0 spiro atoms. The van der Waals surface area contributed by atoms with Gasteiger partial charge in [-0.1, -0.05) is 18.2 Å². The molecule has 1 aliphatic heterocycles. The molecule has 0 unspecified atom stereocenters. The minimum Gasteiger partial charge on any atom is -0.475 e. The normalized spacial score (nSPS) is 28.6. The van der Waals surface area contributed by atoms with Crippen molar-refractivity contribution in [1.29, 1.82) is 0 Å². The number of rotatable bonds is 3. The van der Waals surface area contributed by atoms with Crippen LogP contribution in [-0.2, 0) is 14.3 Å². The molecule has 0 saturated carbocycles. The van der Waals surface area contributed by atoms with Gasteiger partial charge >= 0.3 is 5.97 Å². The van der Waals surface area contributed by atoms with E-state index in [-0.39, 0.29) is 5.90 Å². The van der Waals surface area contributed by atoms with E-state index in [4.69, 9.17) is 13.6 Å². The monoisotopic (exact) mass is 236 g/mol. The summed E-state index contributed by atoms with van der Waals surface area (Å²) in [5.74, 6) is -1.14. The Kier molecular flexibility index (Phi) is 2.43. The number of ether oxygens (including phenoxy) is 2. The van der Waals surface area contributed by atoms with E-state index in [2.05, 4.69) is 4.99 Å². The molecule has 1 aromatic rings. The molecule has 17 heavy (non-hydrogen) atoms. The maximum absolute atomic E-state index is 11.9. The first-order valence-corrected chi connectivity index (χ1v) is 5.31. The van der Waals surface area contributed by atoms with Crippen LogP contribution in [0.25, 0.3) is 0 Å². The first-order valence-electron chi connectivity index (χ1n) is 6.81. The van der Waals surface area contributed by atoms with Crippen molar-refractivity contribution >= 4 is 11.9 Å². The zero-order chi connectivity index (χ0) is 15.0. The van der Waals surface area contributed by atoms with E-state index in [0.717, 1.165) is 0 Å². The van der Waals surface area contributed by atoms with Crippen molar-refractivity contribution in [3.8, 4) is 0 Å². The van der Waals surface area contributed by atoms with E-state index in [1.165, 1.54) is 0 Å². The van der Waals surface area contributed by atoms with Gasteiger partial charge < -0.3 is 9.47 Å². The van der Waals surface area contributed by atoms with E-state index in [1.807, 2.05) is 0 Å². The zero-order valence-electron chi connectivity index (χ0n) is 12.6. The number of nitrogens with zero attached hydrogens (tertiary/aromatic N) is 1. The SMILES string of the molecule is [2H]C1([2H])OC(c2ccccc2)=N[C@@]1([2H])C(=O)OC(C)C. The molecule has 90 valence electrons. The highest BCUT2D eigenvalue weighted by Crippen LogP contribution is 2.13. The molecule has 0 fully saturated rings. The van der Waals surface area contributed by atoms with E-state index in [9.17, 15) is 4.79 Å². The second-order valence-corrected chi connectivity index (χ2v) is 3.79. The van der Waals surface area contributed by atoms with Crippen molar-refractivity contribution in [2.75, 3.05) is 6.56 Å². The third-order valence-corrected chi connectivity index (χ3v) is 2.01. The minimum atomic E-state index is -2.58. The van der Waals surface area contributed by atoms with Crippen molar-refractivity contribution in [3.63, 3.8) is 0 Å². The number of hydrogen-bond donors (Lipinski definition) is 0. The second-order valence-electron chi connectivity index (χ2n) is 3.79. The van der Waals surface area contributed by atoms with E-state index < -0.39 is 24.7 Å². The average Bonchev–Trinajstić information content (AvgIpc) is 2.62. The molecule has 4 heteroatoms. The highest BCUT2D eigenvalue weighted by Gasteiger charge is 2.28. The van der Waals surface area contributed by atoms with Crippen LogP contribution in [0.2, 0.25) is 0 Å². The smallest absolute Gasteiger partial charge is 0.334 e. The molecule has 0 bridgehead atoms. The molecule has 0 amide bonds. The molecule has 0 radical (unpaired) electrons. The summed E-state index contributed by atoms with van der Waals surface area (Å²) in [6.45, 7) is 0.660. The summed E-state index contributed by atoms with van der Waals surface area (Å²) in [5.41, 5.74) is 0.503. The van der Waals surface area contributed by atoms with E-state index >= 15 is 0 Å². The highest BCUT2D eigenvalue weighted by atomic mass is 16.6. The first-order chi connectivity index (χ1) is 9.26. The van der Waals surface area contributed by atoms with Crippen molar-refractivity contribution < 1.29 is 18.4 Å². The predicted molar refractivity (Wildman–Crippen MR) is 63.9 cm³/mol. The number of carbonyl (C=O) groups excluding carboxylic acids is 1. The average molecular weight is 236 g/mol. The fourth-order valence-electron chi connectivity index (χ4n) is 1.31. The molecule has 0 aliphatic carbocycles. The van der Waals surface area contributed by atoms with Crippen LogP contribution in [0.1, 0.15) is 23.5 Å². The summed E-state index contributed by atoms with van der Waals surface area (Å²) in [7, 11) is 0. The van der Waals surface area contributed by atoms with Crippen LogP contribution in [0.15, 0.2) is 35.3 Å². The number of hydrogen-bond acceptors (Lipinski definition) is 4. The lowest BCUT2D eigenvalue weighted by Crippen LogP contribution is -2.25. The van der Waals surface area contributed by atoms with Gasteiger partial charge in [-0.3, -0.25) is 0 Å². The molecule has 4 nitrogen and oxygen atoms in total. The van der Waals surface area contributed by atoms with Gasteiger partial charge in [-0.15, -0.1) is 0 Å². The second kappa shape index (κ2) is 4.99. The zero-order valence-corrected chi connectivity index (χ0v) is 9.64. The Morgan fingerprint density at radius 1 is 1.59 bits per heavy atom. The Balaban J connectivity index is 2.37. The summed E-state index contributed by atoms with van der Waals surface area (Å²) in [6.07, 6.45) is -0.462. The van der Waals surface area contributed by atoms with Crippen LogP contribution >= 0.6 is 0 Å². The molecule has 0 saturated heterocycles. The summed E-state index contributed by atoms with van der Waals surface area (Å²) < 4.78 is 33.4. The highest BCUT2D eigenvalue weighted by molar-refractivity contribution is 5.97. The quantitative estimate of drug-likeness (QED) is 0.752. The molecule has 0 aromatic heterocycles. The molecule has 0 N–H and O–H groups in total. The Hall–Kier alpha value is -1.84. The molecule has 1 heterocycles. The van der Waals surface area contributed by atoms with Crippen LogP contribution in [0.4, 0.5) is 0 Å². The number of aliphatic imine (C=N–C) groups is 1. The Morgan fingerprint density at radius 2 is 2.29 bits per heavy atom. The maximum Gasteiger partial charge on any atom is 0.334 e. The lowest BCUT2D eigenvalue weighted by molar-refractivity contribution is -0.149. The van der Waals surface area contributed by atoms with Gasteiger partial charge in [-0.25, -0.2) is 9.79 Å². The van der Waals surface area contributed by atoms with Gasteiger partial charge in [0.25, 0.3) is 0 Å². The lowest BCUT2D eigenvalue weighted by atomic mass is 10.2. The van der Waals surface area contributed by atoms with Gasteiger partial charge in [0, 0.05) is 5.56 Å². The van der Waals surface area contributed by atoms with Gasteiger partial charge in [0.2, 0.25) is 5.90 Å². The Bertz CT molecular complexity index is 545. The van der Waals surface area contributed by atoms with Gasteiger partial charge in [-0.2, -0.15) is 0 Å². The Morgan fingerprint density at radius 3 is 2.94 bits per heavy atom. The molecule has 1 atom stereocenters. The van der Waals surface area contributed by atoms with Gasteiger partial charge in [0.05, 0.1) is 10.2 Å². The van der Waals surface area contributed by atoms with Crippen molar-refractivity contribution in [3.05, 3.63) is 35.9 Å². The first kappa shape index (κ1) is 8.28. The number of benzene rings is 1. The molecule has 1 aromatic carbocycles. The standard InChI is InChI=1S/C13H15NO3/c1-9(2)17-13(15)11-8-16-12(14-11)10-6-4-3-5-7-10/h3-7,9,11H,8H2,1-2H3/t11-/m1/s1/i8D2,11D. The number of carbonyl (C=O) groups is 1. The molecular formula is C13H15NO3. The van der Waals surface area contributed by atoms with Crippen LogP contribution in [0.3, 0.4) is 0 Å². The summed E-state index contributed by atoms with van der Waals surface area (Å²) in [6, 6.07) is 6.11. The number of esters is 1. The van der Waals surface area contributed by atoms with Crippen LogP contribution in [-0.4, -0.2) is 30.5 Å². The summed E-state index contributed by atoms with van der Waals surface area (Å²) in [4.78, 5) is 15.7. The van der Waals surface area contributed by atoms with E-state index in [1.54, 1.807) is 44.2 Å². The summed E-state index contributed by atoms with van der Waals surface area (Å²) in [5, 5.41) is 0. The topological polar surface area (TPSA) is 47.9 Å². The van der Waals surface area contributed by atoms with Crippen molar-refractivity contribution in [2.45, 2.75) is 26.0 Å². The fourth-order valence-corrected chi connectivity index (χ4v) is 1.31. The predicted octanol–water partition coefficient (Wildman–Crippen LogP) is 1.78. The van der Waals surface area contributed by atoms with Gasteiger partial charge in [-0.05, 0) is 26.0 Å². The fraction of sp³-hybridized carbons (Fsp3) is 0.385. The Labute approximate surface area is 104 Å². The van der Waals surface area contributed by atoms with Crippen LogP contribution < -0.4 is 0 Å². The van der Waals surface area contributed by atoms with Crippen molar-refractivity contribution in [2.24, 2.45) is 4.99 Å². The molecule has 1 aliphatic rings. The van der Waals surface area contributed by atoms with Crippen molar-refractivity contribution in [1.82, 2.24) is 0 Å². The molecule has 2 rings (SSSR count). The molecular weight excluding hydrogens is 218 g/mol. The third kappa shape index (κ3) is 2.84. The maximum atomic E-state index is 11.9. The summed E-state index contributed by atoms with van der Waals surface area (Å²) >= 11 is 0.